The quantitative estimate of drug-likeness (QED) is 0.708. The molecule has 0 saturated heterocycles. The zero-order valence-electron chi connectivity index (χ0n) is 14.2. The maximum atomic E-state index is 12.0. The second-order valence-electron chi connectivity index (χ2n) is 5.51. The molecule has 25 heavy (non-hydrogen) atoms. The number of hydrogen-bond donors (Lipinski definition) is 1. The minimum absolute atomic E-state index is 0.0635. The predicted molar refractivity (Wildman–Crippen MR) is 94.6 cm³/mol. The summed E-state index contributed by atoms with van der Waals surface area (Å²) in [5, 5.41) is 0. The molecule has 0 heterocycles. The number of carbonyl (C=O) groups is 2. The van der Waals surface area contributed by atoms with Crippen molar-refractivity contribution in [2.24, 2.45) is 5.73 Å². The van der Waals surface area contributed by atoms with Crippen molar-refractivity contribution >= 4 is 11.8 Å². The van der Waals surface area contributed by atoms with Gasteiger partial charge in [-0.25, -0.2) is 0 Å². The Morgan fingerprint density at radius 2 is 1.60 bits per heavy atom. The van der Waals surface area contributed by atoms with E-state index in [1.165, 1.54) is 0 Å². The molecule has 0 saturated carbocycles. The van der Waals surface area contributed by atoms with Crippen LogP contribution in [-0.2, 0) is 4.79 Å². The number of likely N-dealkylation sites (N-methyl/N-ethyl adjacent to an activating group) is 1. The lowest BCUT2D eigenvalue weighted by Gasteiger charge is -2.17. The highest BCUT2D eigenvalue weighted by Crippen LogP contribution is 2.12. The first-order valence-electron chi connectivity index (χ1n) is 8.01. The number of ether oxygens (including phenoxy) is 2. The third-order valence-corrected chi connectivity index (χ3v) is 3.58. The standard InChI is InChI=1S/C19H22N2O4/c1-21(12-5-13-24-16-6-3-2-4-7-16)18(22)14-25-17-10-8-15(9-11-17)19(20)23/h2-4,6-11H,5,12-14H2,1H3,(H2,20,23). The molecule has 0 unspecified atom stereocenters. The van der Waals surface area contributed by atoms with E-state index in [1.807, 2.05) is 30.3 Å². The summed E-state index contributed by atoms with van der Waals surface area (Å²) in [4.78, 5) is 24.6. The van der Waals surface area contributed by atoms with Gasteiger partial charge >= 0.3 is 0 Å². The van der Waals surface area contributed by atoms with Crippen molar-refractivity contribution < 1.29 is 19.1 Å². The van der Waals surface area contributed by atoms with E-state index in [9.17, 15) is 9.59 Å². The Hall–Kier alpha value is -3.02. The van der Waals surface area contributed by atoms with Gasteiger partial charge in [-0.1, -0.05) is 18.2 Å². The third-order valence-electron chi connectivity index (χ3n) is 3.58. The Morgan fingerprint density at radius 3 is 2.24 bits per heavy atom. The van der Waals surface area contributed by atoms with Gasteiger partial charge in [-0.3, -0.25) is 9.59 Å². The summed E-state index contributed by atoms with van der Waals surface area (Å²) in [5.74, 6) is 0.706. The van der Waals surface area contributed by atoms with Crippen LogP contribution in [0, 0.1) is 0 Å². The molecule has 0 aromatic heterocycles. The topological polar surface area (TPSA) is 81.9 Å². The van der Waals surface area contributed by atoms with Crippen LogP contribution in [-0.4, -0.2) is 43.5 Å². The van der Waals surface area contributed by atoms with Gasteiger partial charge in [0.05, 0.1) is 6.61 Å². The lowest BCUT2D eigenvalue weighted by atomic mass is 10.2. The van der Waals surface area contributed by atoms with E-state index in [2.05, 4.69) is 0 Å². The Morgan fingerprint density at radius 1 is 0.960 bits per heavy atom. The number of nitrogens with two attached hydrogens (primary N) is 1. The van der Waals surface area contributed by atoms with Crippen LogP contribution in [0.5, 0.6) is 11.5 Å². The monoisotopic (exact) mass is 342 g/mol. The fourth-order valence-corrected chi connectivity index (χ4v) is 2.10. The molecule has 0 bridgehead atoms. The summed E-state index contributed by atoms with van der Waals surface area (Å²) in [6.07, 6.45) is 0.727. The van der Waals surface area contributed by atoms with Crippen molar-refractivity contribution in [3.05, 3.63) is 60.2 Å². The van der Waals surface area contributed by atoms with Crippen molar-refractivity contribution in [1.82, 2.24) is 4.90 Å². The molecular weight excluding hydrogens is 320 g/mol. The number of hydrogen-bond acceptors (Lipinski definition) is 4. The molecule has 2 amide bonds. The van der Waals surface area contributed by atoms with Gasteiger partial charge in [0, 0.05) is 19.2 Å². The SMILES string of the molecule is CN(CCCOc1ccccc1)C(=O)COc1ccc(C(N)=O)cc1. The van der Waals surface area contributed by atoms with Crippen LogP contribution in [0.15, 0.2) is 54.6 Å². The molecule has 0 aliphatic heterocycles. The van der Waals surface area contributed by atoms with E-state index in [1.54, 1.807) is 36.2 Å². The van der Waals surface area contributed by atoms with E-state index in [0.717, 1.165) is 12.2 Å². The molecule has 0 fully saturated rings. The van der Waals surface area contributed by atoms with Gasteiger partial charge in [-0.2, -0.15) is 0 Å². The van der Waals surface area contributed by atoms with Crippen LogP contribution in [0.2, 0.25) is 0 Å². The minimum atomic E-state index is -0.500. The Labute approximate surface area is 147 Å². The van der Waals surface area contributed by atoms with Crippen LogP contribution >= 0.6 is 0 Å². The lowest BCUT2D eigenvalue weighted by molar-refractivity contribution is -0.132. The van der Waals surface area contributed by atoms with Crippen LogP contribution in [0.4, 0.5) is 0 Å². The smallest absolute Gasteiger partial charge is 0.260 e. The van der Waals surface area contributed by atoms with E-state index >= 15 is 0 Å². The molecule has 2 aromatic carbocycles. The lowest BCUT2D eigenvalue weighted by Crippen LogP contribution is -2.32. The normalized spacial score (nSPS) is 10.1. The maximum Gasteiger partial charge on any atom is 0.260 e. The molecule has 0 aliphatic carbocycles. The molecule has 2 aromatic rings. The molecule has 2 N–H and O–H groups in total. The summed E-state index contributed by atoms with van der Waals surface area (Å²) >= 11 is 0. The van der Waals surface area contributed by atoms with Gasteiger partial charge in [0.15, 0.2) is 6.61 Å². The average Bonchev–Trinajstić information content (AvgIpc) is 2.64. The fourth-order valence-electron chi connectivity index (χ4n) is 2.10. The van der Waals surface area contributed by atoms with Crippen molar-refractivity contribution in [3.63, 3.8) is 0 Å². The van der Waals surface area contributed by atoms with Crippen LogP contribution in [0.25, 0.3) is 0 Å². The van der Waals surface area contributed by atoms with Crippen molar-refractivity contribution in [1.29, 1.82) is 0 Å². The Kier molecular flexibility index (Phi) is 6.83. The zero-order chi connectivity index (χ0) is 18.1. The summed E-state index contributed by atoms with van der Waals surface area (Å²) in [5.41, 5.74) is 5.57. The van der Waals surface area contributed by atoms with E-state index in [4.69, 9.17) is 15.2 Å². The van der Waals surface area contributed by atoms with Crippen LogP contribution < -0.4 is 15.2 Å². The number of benzene rings is 2. The van der Waals surface area contributed by atoms with Gasteiger partial charge in [-0.15, -0.1) is 0 Å². The Bertz CT molecular complexity index is 686. The molecule has 6 heteroatoms. The first-order chi connectivity index (χ1) is 12.1. The number of rotatable bonds is 9. The summed E-state index contributed by atoms with van der Waals surface area (Å²) in [7, 11) is 1.73. The highest BCUT2D eigenvalue weighted by Gasteiger charge is 2.10. The van der Waals surface area contributed by atoms with Gasteiger partial charge in [-0.05, 0) is 42.8 Å². The van der Waals surface area contributed by atoms with E-state index in [-0.39, 0.29) is 12.5 Å². The van der Waals surface area contributed by atoms with Crippen LogP contribution in [0.1, 0.15) is 16.8 Å². The predicted octanol–water partition coefficient (Wildman–Crippen LogP) is 2.09. The van der Waals surface area contributed by atoms with Crippen molar-refractivity contribution in [2.75, 3.05) is 26.8 Å². The zero-order valence-corrected chi connectivity index (χ0v) is 14.2. The molecule has 0 spiro atoms. The summed E-state index contributed by atoms with van der Waals surface area (Å²) in [6, 6.07) is 15.9. The highest BCUT2D eigenvalue weighted by molar-refractivity contribution is 5.92. The molecule has 0 aliphatic rings. The number of nitrogens with zero attached hydrogens (tertiary/aromatic N) is 1. The third kappa shape index (κ3) is 6.18. The van der Waals surface area contributed by atoms with Gasteiger partial charge in [0.25, 0.3) is 5.91 Å². The maximum absolute atomic E-state index is 12.0. The first-order valence-corrected chi connectivity index (χ1v) is 8.01. The average molecular weight is 342 g/mol. The number of para-hydroxylation sites is 1. The second-order valence-corrected chi connectivity index (χ2v) is 5.51. The van der Waals surface area contributed by atoms with E-state index < -0.39 is 5.91 Å². The largest absolute Gasteiger partial charge is 0.494 e. The summed E-state index contributed by atoms with van der Waals surface area (Å²) < 4.78 is 11.0. The molecule has 6 nitrogen and oxygen atoms in total. The van der Waals surface area contributed by atoms with Crippen molar-refractivity contribution in [3.8, 4) is 11.5 Å². The fraction of sp³-hybridized carbons (Fsp3) is 0.263. The number of amides is 2. The first kappa shape index (κ1) is 18.3. The minimum Gasteiger partial charge on any atom is -0.494 e. The number of carbonyl (C=O) groups excluding carboxylic acids is 2. The molecular formula is C19H22N2O4. The molecule has 0 atom stereocenters. The molecule has 0 radical (unpaired) electrons. The summed E-state index contributed by atoms with van der Waals surface area (Å²) in [6.45, 7) is 1.05. The molecule has 132 valence electrons. The van der Waals surface area contributed by atoms with Crippen molar-refractivity contribution in [2.45, 2.75) is 6.42 Å². The Balaban J connectivity index is 1.66. The van der Waals surface area contributed by atoms with Gasteiger partial charge in [0.2, 0.25) is 5.91 Å². The highest BCUT2D eigenvalue weighted by atomic mass is 16.5. The molecule has 2 rings (SSSR count). The van der Waals surface area contributed by atoms with Gasteiger partial charge < -0.3 is 20.1 Å². The van der Waals surface area contributed by atoms with Gasteiger partial charge in [0.1, 0.15) is 11.5 Å². The van der Waals surface area contributed by atoms with E-state index in [0.29, 0.717) is 24.5 Å². The van der Waals surface area contributed by atoms with Crippen LogP contribution in [0.3, 0.4) is 0 Å². The number of primary amides is 1. The second kappa shape index (κ2) is 9.32.